The van der Waals surface area contributed by atoms with E-state index in [-0.39, 0.29) is 12.2 Å². The molecule has 0 aliphatic rings. The summed E-state index contributed by atoms with van der Waals surface area (Å²) >= 11 is 1.56. The lowest BCUT2D eigenvalue weighted by Crippen LogP contribution is -2.23. The number of carbonyl (C=O) groups is 1. The van der Waals surface area contributed by atoms with Gasteiger partial charge in [-0.3, -0.25) is 4.79 Å². The van der Waals surface area contributed by atoms with Crippen molar-refractivity contribution in [1.82, 2.24) is 4.98 Å². The Morgan fingerprint density at radius 1 is 1.52 bits per heavy atom. The van der Waals surface area contributed by atoms with Crippen LogP contribution in [0, 0.1) is 24.2 Å². The molecule has 108 valence electrons. The molecule has 2 aromatic heterocycles. The second-order valence-electron chi connectivity index (χ2n) is 4.57. The lowest BCUT2D eigenvalue weighted by Gasteiger charge is -2.09. The van der Waals surface area contributed by atoms with E-state index in [2.05, 4.69) is 11.1 Å². The molecule has 5 nitrogen and oxygen atoms in total. The van der Waals surface area contributed by atoms with Gasteiger partial charge in [0.2, 0.25) is 0 Å². The number of nitrogens with zero attached hydrogens (tertiary/aromatic N) is 1. The van der Waals surface area contributed by atoms with Crippen LogP contribution in [-0.2, 0) is 11.2 Å². The van der Waals surface area contributed by atoms with Gasteiger partial charge in [-0.15, -0.1) is 11.3 Å². The number of nitriles is 1. The van der Waals surface area contributed by atoms with E-state index < -0.39 is 17.4 Å². The summed E-state index contributed by atoms with van der Waals surface area (Å²) in [6, 6.07) is 7.59. The van der Waals surface area contributed by atoms with Crippen LogP contribution in [0.4, 0.5) is 0 Å². The fourth-order valence-electron chi connectivity index (χ4n) is 1.89. The summed E-state index contributed by atoms with van der Waals surface area (Å²) < 4.78 is 5.11. The number of hydrogen-bond donors (Lipinski definition) is 1. The number of thiophene rings is 1. The van der Waals surface area contributed by atoms with Crippen molar-refractivity contribution in [2.75, 3.05) is 6.61 Å². The molecule has 1 N–H and O–H groups in total. The molecule has 1 unspecified atom stereocenters. The van der Waals surface area contributed by atoms with Gasteiger partial charge in [0, 0.05) is 17.5 Å². The van der Waals surface area contributed by atoms with Gasteiger partial charge in [-0.1, -0.05) is 6.07 Å². The highest BCUT2D eigenvalue weighted by Gasteiger charge is 2.18. The van der Waals surface area contributed by atoms with Crippen molar-refractivity contribution in [2.45, 2.75) is 13.3 Å². The Labute approximate surface area is 125 Å². The molecule has 1 atom stereocenters. The monoisotopic (exact) mass is 302 g/mol. The van der Waals surface area contributed by atoms with E-state index >= 15 is 0 Å². The molecule has 2 heterocycles. The fourth-order valence-corrected chi connectivity index (χ4v) is 2.68. The van der Waals surface area contributed by atoms with Crippen LogP contribution in [0.3, 0.4) is 0 Å². The first kappa shape index (κ1) is 15.0. The van der Waals surface area contributed by atoms with E-state index in [0.29, 0.717) is 12.0 Å². The maximum absolute atomic E-state index is 12.0. The van der Waals surface area contributed by atoms with Crippen molar-refractivity contribution in [1.29, 1.82) is 5.26 Å². The smallest absolute Gasteiger partial charge is 0.344 e. The average molecular weight is 302 g/mol. The Balaban J connectivity index is 2.00. The highest BCUT2D eigenvalue weighted by Crippen LogP contribution is 2.15. The number of ether oxygens (including phenoxy) is 1. The van der Waals surface area contributed by atoms with Crippen LogP contribution in [0.1, 0.15) is 20.8 Å². The van der Waals surface area contributed by atoms with E-state index in [1.807, 2.05) is 17.5 Å². The van der Waals surface area contributed by atoms with Gasteiger partial charge in [-0.2, -0.15) is 5.26 Å². The molecular formula is C15H14N2O3S. The fraction of sp³-hybridized carbons (Fsp3) is 0.267. The topological polar surface area (TPSA) is 82.9 Å². The lowest BCUT2D eigenvalue weighted by atomic mass is 10.1. The van der Waals surface area contributed by atoms with Crippen molar-refractivity contribution < 1.29 is 9.53 Å². The zero-order valence-corrected chi connectivity index (χ0v) is 12.3. The zero-order valence-electron chi connectivity index (χ0n) is 11.5. The Hall–Kier alpha value is -2.39. The second kappa shape index (κ2) is 6.86. The first-order valence-corrected chi connectivity index (χ1v) is 7.27. The number of aromatic nitrogens is 1. The lowest BCUT2D eigenvalue weighted by molar-refractivity contribution is 0.0465. The van der Waals surface area contributed by atoms with Gasteiger partial charge < -0.3 is 9.72 Å². The Bertz CT molecular complexity index is 713. The molecule has 0 amide bonds. The predicted molar refractivity (Wildman–Crippen MR) is 79.2 cm³/mol. The molecule has 0 spiro atoms. The highest BCUT2D eigenvalue weighted by atomic mass is 32.1. The van der Waals surface area contributed by atoms with Crippen LogP contribution < -0.4 is 5.56 Å². The minimum absolute atomic E-state index is 0.00897. The van der Waals surface area contributed by atoms with Crippen LogP contribution >= 0.6 is 11.3 Å². The first-order valence-electron chi connectivity index (χ1n) is 6.39. The molecule has 0 bridgehead atoms. The number of aromatic amines is 1. The number of hydrogen-bond acceptors (Lipinski definition) is 5. The van der Waals surface area contributed by atoms with Gasteiger partial charge in [0.25, 0.3) is 5.56 Å². The summed E-state index contributed by atoms with van der Waals surface area (Å²) in [7, 11) is 0. The number of rotatable bonds is 5. The standard InChI is InChI=1S/C15H14N2O3S/c1-10-4-5-17-14(18)13(10)15(19)20-9-11(8-16)7-12-3-2-6-21-12/h2-6,11H,7,9H2,1H3,(H,17,18). The number of H-pyrrole nitrogens is 1. The quantitative estimate of drug-likeness (QED) is 0.859. The van der Waals surface area contributed by atoms with E-state index in [9.17, 15) is 9.59 Å². The molecule has 0 aliphatic heterocycles. The molecule has 0 aromatic carbocycles. The summed E-state index contributed by atoms with van der Waals surface area (Å²) in [6.07, 6.45) is 2.01. The number of esters is 1. The van der Waals surface area contributed by atoms with E-state index in [1.54, 1.807) is 24.3 Å². The largest absolute Gasteiger partial charge is 0.461 e. The van der Waals surface area contributed by atoms with Crippen LogP contribution in [0.15, 0.2) is 34.6 Å². The molecule has 0 aliphatic carbocycles. The Kier molecular flexibility index (Phi) is 4.90. The first-order chi connectivity index (χ1) is 10.1. The van der Waals surface area contributed by atoms with Crippen molar-refractivity contribution in [2.24, 2.45) is 5.92 Å². The molecule has 0 radical (unpaired) electrons. The highest BCUT2D eigenvalue weighted by molar-refractivity contribution is 7.09. The number of nitrogens with one attached hydrogen (secondary N) is 1. The minimum atomic E-state index is -0.694. The summed E-state index contributed by atoms with van der Waals surface area (Å²) in [4.78, 5) is 27.1. The SMILES string of the molecule is Cc1cc[nH]c(=O)c1C(=O)OCC(C#N)Cc1cccs1. The van der Waals surface area contributed by atoms with E-state index in [1.165, 1.54) is 6.20 Å². The summed E-state index contributed by atoms with van der Waals surface area (Å²) in [5.74, 6) is -1.11. The predicted octanol–water partition coefficient (Wildman–Crippen LogP) is 2.28. The third-order valence-corrected chi connectivity index (χ3v) is 3.90. The molecule has 6 heteroatoms. The van der Waals surface area contributed by atoms with Gasteiger partial charge in [0.1, 0.15) is 12.2 Å². The second-order valence-corrected chi connectivity index (χ2v) is 5.61. The normalized spacial score (nSPS) is 11.6. The van der Waals surface area contributed by atoms with Crippen molar-refractivity contribution >= 4 is 17.3 Å². The van der Waals surface area contributed by atoms with E-state index in [4.69, 9.17) is 10.00 Å². The summed E-state index contributed by atoms with van der Waals surface area (Å²) in [5.41, 5.74) is 0.0626. The molecule has 0 fully saturated rings. The maximum atomic E-state index is 12.0. The van der Waals surface area contributed by atoms with Crippen molar-refractivity contribution in [3.63, 3.8) is 0 Å². The van der Waals surface area contributed by atoms with Crippen LogP contribution in [0.2, 0.25) is 0 Å². The number of carbonyl (C=O) groups excluding carboxylic acids is 1. The number of aryl methyl sites for hydroxylation is 1. The Morgan fingerprint density at radius 2 is 2.33 bits per heavy atom. The third kappa shape index (κ3) is 3.80. The molecular weight excluding hydrogens is 288 g/mol. The van der Waals surface area contributed by atoms with Gasteiger partial charge >= 0.3 is 5.97 Å². The summed E-state index contributed by atoms with van der Waals surface area (Å²) in [6.45, 7) is 1.64. The van der Waals surface area contributed by atoms with Gasteiger partial charge in [-0.25, -0.2) is 4.79 Å². The van der Waals surface area contributed by atoms with Gasteiger partial charge in [0.15, 0.2) is 0 Å². The average Bonchev–Trinajstić information content (AvgIpc) is 2.96. The summed E-state index contributed by atoms with van der Waals surface area (Å²) in [5, 5.41) is 11.0. The van der Waals surface area contributed by atoms with Crippen molar-refractivity contribution in [3.8, 4) is 6.07 Å². The van der Waals surface area contributed by atoms with Crippen LogP contribution in [0.5, 0.6) is 0 Å². The molecule has 0 saturated heterocycles. The zero-order chi connectivity index (χ0) is 15.2. The van der Waals surface area contributed by atoms with E-state index in [0.717, 1.165) is 4.88 Å². The molecule has 0 saturated carbocycles. The third-order valence-electron chi connectivity index (χ3n) is 3.00. The van der Waals surface area contributed by atoms with Crippen LogP contribution in [0.25, 0.3) is 0 Å². The molecule has 2 aromatic rings. The number of pyridine rings is 1. The Morgan fingerprint density at radius 3 is 2.95 bits per heavy atom. The van der Waals surface area contributed by atoms with Crippen LogP contribution in [-0.4, -0.2) is 17.6 Å². The molecule has 2 rings (SSSR count). The maximum Gasteiger partial charge on any atom is 0.344 e. The molecule has 21 heavy (non-hydrogen) atoms. The van der Waals surface area contributed by atoms with Gasteiger partial charge in [-0.05, 0) is 30.0 Å². The van der Waals surface area contributed by atoms with Gasteiger partial charge in [0.05, 0.1) is 12.0 Å². The van der Waals surface area contributed by atoms with Crippen molar-refractivity contribution in [3.05, 3.63) is 56.1 Å². The minimum Gasteiger partial charge on any atom is -0.461 e.